The summed E-state index contributed by atoms with van der Waals surface area (Å²) in [5, 5.41) is 3.62. The SMILES string of the molecule is CCOc1cccc(C(=O)N(C)C2CC3CCC(C2)N3)c1.Cl. The number of benzene rings is 1. The molecular formula is C17H25ClN2O2. The van der Waals surface area contributed by atoms with Crippen LogP contribution < -0.4 is 10.1 Å². The van der Waals surface area contributed by atoms with Crippen molar-refractivity contribution in [1.82, 2.24) is 10.2 Å². The second-order valence-electron chi connectivity index (χ2n) is 6.14. The van der Waals surface area contributed by atoms with E-state index in [0.29, 0.717) is 30.3 Å². The van der Waals surface area contributed by atoms with Crippen molar-refractivity contribution < 1.29 is 9.53 Å². The number of fused-ring (bicyclic) bond motifs is 2. The lowest BCUT2D eigenvalue weighted by Crippen LogP contribution is -2.48. The van der Waals surface area contributed by atoms with Crippen LogP contribution in [0.4, 0.5) is 0 Å². The lowest BCUT2D eigenvalue weighted by atomic mass is 9.98. The predicted octanol–water partition coefficient (Wildman–Crippen LogP) is 2.86. The molecule has 3 rings (SSSR count). The zero-order chi connectivity index (χ0) is 14.8. The molecule has 0 saturated carbocycles. The van der Waals surface area contributed by atoms with E-state index in [1.54, 1.807) is 0 Å². The lowest BCUT2D eigenvalue weighted by molar-refractivity contribution is 0.0681. The van der Waals surface area contributed by atoms with Crippen molar-refractivity contribution in [2.45, 2.75) is 50.7 Å². The predicted molar refractivity (Wildman–Crippen MR) is 89.9 cm³/mol. The molecule has 4 nitrogen and oxygen atoms in total. The van der Waals surface area contributed by atoms with Gasteiger partial charge in [-0.05, 0) is 50.8 Å². The molecule has 5 heteroatoms. The van der Waals surface area contributed by atoms with E-state index in [4.69, 9.17) is 4.74 Å². The summed E-state index contributed by atoms with van der Waals surface area (Å²) in [6.07, 6.45) is 4.65. The van der Waals surface area contributed by atoms with E-state index < -0.39 is 0 Å². The van der Waals surface area contributed by atoms with Crippen LogP contribution >= 0.6 is 12.4 Å². The molecule has 0 spiro atoms. The highest BCUT2D eigenvalue weighted by molar-refractivity contribution is 5.94. The molecule has 2 heterocycles. The highest BCUT2D eigenvalue weighted by Crippen LogP contribution is 2.30. The summed E-state index contributed by atoms with van der Waals surface area (Å²) in [4.78, 5) is 14.6. The Morgan fingerprint density at radius 3 is 2.64 bits per heavy atom. The number of nitrogens with one attached hydrogen (secondary N) is 1. The van der Waals surface area contributed by atoms with E-state index in [0.717, 1.165) is 18.6 Å². The third kappa shape index (κ3) is 3.55. The van der Waals surface area contributed by atoms with Crippen molar-refractivity contribution in [2.24, 2.45) is 0 Å². The van der Waals surface area contributed by atoms with Gasteiger partial charge in [0.2, 0.25) is 0 Å². The Bertz CT molecular complexity index is 511. The Labute approximate surface area is 138 Å². The van der Waals surface area contributed by atoms with E-state index in [1.165, 1.54) is 12.8 Å². The highest BCUT2D eigenvalue weighted by atomic mass is 35.5. The van der Waals surface area contributed by atoms with E-state index in [2.05, 4.69) is 5.32 Å². The second-order valence-corrected chi connectivity index (χ2v) is 6.14. The van der Waals surface area contributed by atoms with Gasteiger partial charge in [0, 0.05) is 30.7 Å². The molecule has 2 atom stereocenters. The molecule has 1 amide bonds. The number of amides is 1. The Balaban J connectivity index is 0.00000176. The van der Waals surface area contributed by atoms with Gasteiger partial charge in [-0.3, -0.25) is 4.79 Å². The minimum atomic E-state index is 0. The first kappa shape index (κ1) is 17.1. The number of halogens is 1. The number of nitrogens with zero attached hydrogens (tertiary/aromatic N) is 1. The zero-order valence-corrected chi connectivity index (χ0v) is 14.1. The van der Waals surface area contributed by atoms with E-state index >= 15 is 0 Å². The number of hydrogen-bond donors (Lipinski definition) is 1. The first-order chi connectivity index (χ1) is 10.2. The third-order valence-corrected chi connectivity index (χ3v) is 4.71. The lowest BCUT2D eigenvalue weighted by Gasteiger charge is -2.35. The van der Waals surface area contributed by atoms with E-state index in [9.17, 15) is 4.79 Å². The highest BCUT2D eigenvalue weighted by Gasteiger charge is 2.36. The van der Waals surface area contributed by atoms with Crippen molar-refractivity contribution in [3.63, 3.8) is 0 Å². The Kier molecular flexibility index (Phi) is 5.70. The summed E-state index contributed by atoms with van der Waals surface area (Å²) >= 11 is 0. The number of rotatable bonds is 4. The van der Waals surface area contributed by atoms with Crippen molar-refractivity contribution >= 4 is 18.3 Å². The van der Waals surface area contributed by atoms with Gasteiger partial charge < -0.3 is 15.0 Å². The molecule has 2 saturated heterocycles. The van der Waals surface area contributed by atoms with Gasteiger partial charge in [0.05, 0.1) is 6.61 Å². The third-order valence-electron chi connectivity index (χ3n) is 4.71. The first-order valence-corrected chi connectivity index (χ1v) is 7.93. The van der Waals surface area contributed by atoms with Crippen molar-refractivity contribution in [2.75, 3.05) is 13.7 Å². The fourth-order valence-electron chi connectivity index (χ4n) is 3.60. The zero-order valence-electron chi connectivity index (χ0n) is 13.2. The summed E-state index contributed by atoms with van der Waals surface area (Å²) < 4.78 is 5.49. The van der Waals surface area contributed by atoms with Crippen LogP contribution in [0.2, 0.25) is 0 Å². The van der Waals surface area contributed by atoms with Crippen LogP contribution in [-0.2, 0) is 0 Å². The summed E-state index contributed by atoms with van der Waals surface area (Å²) in [6.45, 7) is 2.57. The van der Waals surface area contributed by atoms with Crippen LogP contribution in [-0.4, -0.2) is 42.6 Å². The summed E-state index contributed by atoms with van der Waals surface area (Å²) in [5.74, 6) is 0.866. The van der Waals surface area contributed by atoms with Crippen LogP contribution in [0.25, 0.3) is 0 Å². The molecule has 22 heavy (non-hydrogen) atoms. The van der Waals surface area contributed by atoms with Crippen LogP contribution in [0.3, 0.4) is 0 Å². The standard InChI is InChI=1S/C17H24N2O2.ClH/c1-3-21-16-6-4-5-12(9-16)17(20)19(2)15-10-13-7-8-14(11-15)18-13;/h4-6,9,13-15,18H,3,7-8,10-11H2,1-2H3;1H. The maximum absolute atomic E-state index is 12.7. The quantitative estimate of drug-likeness (QED) is 0.926. The summed E-state index contributed by atoms with van der Waals surface area (Å²) in [5.41, 5.74) is 0.717. The van der Waals surface area contributed by atoms with E-state index in [-0.39, 0.29) is 18.3 Å². The average Bonchev–Trinajstić information content (AvgIpc) is 2.84. The monoisotopic (exact) mass is 324 g/mol. The Morgan fingerprint density at radius 1 is 1.32 bits per heavy atom. The van der Waals surface area contributed by atoms with Crippen molar-refractivity contribution in [1.29, 1.82) is 0 Å². The van der Waals surface area contributed by atoms with Gasteiger partial charge in [0.1, 0.15) is 5.75 Å². The molecule has 2 aliphatic rings. The number of ether oxygens (including phenoxy) is 1. The van der Waals surface area contributed by atoms with Gasteiger partial charge in [-0.2, -0.15) is 0 Å². The molecule has 0 aromatic heterocycles. The summed E-state index contributed by atoms with van der Waals surface area (Å²) in [7, 11) is 1.94. The first-order valence-electron chi connectivity index (χ1n) is 7.93. The van der Waals surface area contributed by atoms with Crippen molar-refractivity contribution in [3.05, 3.63) is 29.8 Å². The number of carbonyl (C=O) groups excluding carboxylic acids is 1. The van der Waals surface area contributed by atoms with Crippen molar-refractivity contribution in [3.8, 4) is 5.75 Å². The molecule has 0 radical (unpaired) electrons. The van der Waals surface area contributed by atoms with Gasteiger partial charge in [0.25, 0.3) is 5.91 Å². The molecular weight excluding hydrogens is 300 g/mol. The van der Waals surface area contributed by atoms with Gasteiger partial charge in [-0.25, -0.2) is 0 Å². The van der Waals surface area contributed by atoms with Crippen LogP contribution in [0, 0.1) is 0 Å². The minimum Gasteiger partial charge on any atom is -0.494 e. The Hall–Kier alpha value is -1.26. The minimum absolute atomic E-state index is 0. The average molecular weight is 325 g/mol. The van der Waals surface area contributed by atoms with Gasteiger partial charge >= 0.3 is 0 Å². The maximum Gasteiger partial charge on any atom is 0.253 e. The normalized spacial score (nSPS) is 26.2. The van der Waals surface area contributed by atoms with Gasteiger partial charge in [-0.15, -0.1) is 12.4 Å². The second kappa shape index (κ2) is 7.34. The van der Waals surface area contributed by atoms with Crippen LogP contribution in [0.15, 0.2) is 24.3 Å². The fourth-order valence-corrected chi connectivity index (χ4v) is 3.60. The molecule has 2 bridgehead atoms. The molecule has 1 aromatic carbocycles. The molecule has 2 fully saturated rings. The van der Waals surface area contributed by atoms with Gasteiger partial charge in [0.15, 0.2) is 0 Å². The largest absolute Gasteiger partial charge is 0.494 e. The fraction of sp³-hybridized carbons (Fsp3) is 0.588. The number of carbonyl (C=O) groups is 1. The van der Waals surface area contributed by atoms with E-state index in [1.807, 2.05) is 43.1 Å². The van der Waals surface area contributed by atoms with Crippen LogP contribution in [0.1, 0.15) is 43.0 Å². The molecule has 1 aromatic rings. The van der Waals surface area contributed by atoms with Gasteiger partial charge in [-0.1, -0.05) is 6.07 Å². The molecule has 1 N–H and O–H groups in total. The molecule has 122 valence electrons. The number of hydrogen-bond acceptors (Lipinski definition) is 3. The molecule has 0 aliphatic carbocycles. The van der Waals surface area contributed by atoms with Crippen LogP contribution in [0.5, 0.6) is 5.75 Å². The Morgan fingerprint density at radius 2 is 2.00 bits per heavy atom. The topological polar surface area (TPSA) is 41.6 Å². The summed E-state index contributed by atoms with van der Waals surface area (Å²) in [6, 6.07) is 9.04. The maximum atomic E-state index is 12.7. The molecule has 2 unspecified atom stereocenters. The smallest absolute Gasteiger partial charge is 0.253 e. The molecule has 2 aliphatic heterocycles. The number of piperidine rings is 1.